The second kappa shape index (κ2) is 8.00. The number of nitrogens with zero attached hydrogens (tertiary/aromatic N) is 2. The molecule has 2 heterocycles. The number of rotatable bonds is 6. The molecule has 0 aliphatic rings. The summed E-state index contributed by atoms with van der Waals surface area (Å²) in [6, 6.07) is 0. The Morgan fingerprint density at radius 3 is 2.35 bits per heavy atom. The van der Waals surface area contributed by atoms with Gasteiger partial charge in [-0.05, 0) is 26.3 Å². The van der Waals surface area contributed by atoms with Gasteiger partial charge in [-0.15, -0.1) is 11.3 Å². The second-order valence-corrected chi connectivity index (χ2v) is 5.98. The molecule has 0 saturated heterocycles. The first-order chi connectivity index (χ1) is 12.3. The van der Waals surface area contributed by atoms with E-state index in [2.05, 4.69) is 9.84 Å². The van der Waals surface area contributed by atoms with Crippen molar-refractivity contribution in [1.29, 1.82) is 0 Å². The standard InChI is InChI=1S/C16H18N2O7S/c1-5-24-14(20)10-8(3)12(16(22)25-6-2)26-13(10)18-7-9(19)11(17-18)15(21)23-4/h7,19H,5-6H2,1-4H3. The molecular formula is C16H18N2O7S. The molecule has 1 N–H and O–H groups in total. The summed E-state index contributed by atoms with van der Waals surface area (Å²) in [5.41, 5.74) is 0.168. The largest absolute Gasteiger partial charge is 0.504 e. The molecule has 0 amide bonds. The van der Waals surface area contributed by atoms with E-state index in [4.69, 9.17) is 9.47 Å². The first kappa shape index (κ1) is 19.4. The molecule has 0 bridgehead atoms. The van der Waals surface area contributed by atoms with Gasteiger partial charge in [-0.1, -0.05) is 0 Å². The van der Waals surface area contributed by atoms with Crippen molar-refractivity contribution < 1.29 is 33.7 Å². The topological polar surface area (TPSA) is 117 Å². The summed E-state index contributed by atoms with van der Waals surface area (Å²) in [5, 5.41) is 14.1. The number of thiophene rings is 1. The lowest BCUT2D eigenvalue weighted by molar-refractivity contribution is 0.0525. The summed E-state index contributed by atoms with van der Waals surface area (Å²) in [7, 11) is 1.15. The molecule has 0 aliphatic carbocycles. The summed E-state index contributed by atoms with van der Waals surface area (Å²) in [6.45, 7) is 5.22. The normalized spacial score (nSPS) is 10.5. The maximum Gasteiger partial charge on any atom is 0.362 e. The van der Waals surface area contributed by atoms with Gasteiger partial charge in [-0.2, -0.15) is 5.10 Å². The van der Waals surface area contributed by atoms with Crippen LogP contribution in [0.15, 0.2) is 6.20 Å². The third kappa shape index (κ3) is 3.54. The molecule has 140 valence electrons. The molecule has 10 heteroatoms. The van der Waals surface area contributed by atoms with Crippen LogP contribution in [0.1, 0.15) is 49.9 Å². The molecule has 0 atom stereocenters. The number of hydrogen-bond donors (Lipinski definition) is 1. The Morgan fingerprint density at radius 1 is 1.15 bits per heavy atom. The van der Waals surface area contributed by atoms with Crippen molar-refractivity contribution in [3.8, 4) is 10.8 Å². The quantitative estimate of drug-likeness (QED) is 0.596. The van der Waals surface area contributed by atoms with Gasteiger partial charge >= 0.3 is 17.9 Å². The van der Waals surface area contributed by atoms with Crippen LogP contribution >= 0.6 is 11.3 Å². The predicted molar refractivity (Wildman–Crippen MR) is 91.1 cm³/mol. The zero-order valence-corrected chi connectivity index (χ0v) is 15.5. The van der Waals surface area contributed by atoms with Gasteiger partial charge in [0.05, 0.1) is 26.5 Å². The number of methoxy groups -OCH3 is 1. The van der Waals surface area contributed by atoms with Crippen LogP contribution in [0.3, 0.4) is 0 Å². The Morgan fingerprint density at radius 2 is 1.77 bits per heavy atom. The number of hydrogen-bond acceptors (Lipinski definition) is 9. The molecule has 9 nitrogen and oxygen atoms in total. The zero-order valence-electron chi connectivity index (χ0n) is 14.7. The van der Waals surface area contributed by atoms with Crippen molar-refractivity contribution in [1.82, 2.24) is 9.78 Å². The average Bonchev–Trinajstić information content (AvgIpc) is 3.15. The van der Waals surface area contributed by atoms with Crippen LogP contribution in [0.2, 0.25) is 0 Å². The maximum atomic E-state index is 12.4. The van der Waals surface area contributed by atoms with Crippen molar-refractivity contribution in [2.45, 2.75) is 20.8 Å². The summed E-state index contributed by atoms with van der Waals surface area (Å²) < 4.78 is 15.7. The molecule has 2 rings (SSSR count). The Kier molecular flexibility index (Phi) is 5.98. The molecule has 0 aliphatic heterocycles. The van der Waals surface area contributed by atoms with Crippen molar-refractivity contribution in [2.75, 3.05) is 20.3 Å². The molecular weight excluding hydrogens is 364 g/mol. The highest BCUT2D eigenvalue weighted by Gasteiger charge is 2.29. The molecule has 0 aromatic carbocycles. The van der Waals surface area contributed by atoms with Gasteiger partial charge in [-0.3, -0.25) is 0 Å². The van der Waals surface area contributed by atoms with Gasteiger partial charge in [0, 0.05) is 0 Å². The SMILES string of the molecule is CCOC(=O)c1sc(-n2cc(O)c(C(=O)OC)n2)c(C(=O)OCC)c1C. The first-order valence-corrected chi connectivity index (χ1v) is 8.52. The average molecular weight is 382 g/mol. The van der Waals surface area contributed by atoms with Crippen LogP contribution < -0.4 is 0 Å². The highest BCUT2D eigenvalue weighted by Crippen LogP contribution is 2.34. The molecule has 26 heavy (non-hydrogen) atoms. The van der Waals surface area contributed by atoms with Gasteiger partial charge in [0.15, 0.2) is 5.75 Å². The second-order valence-electron chi connectivity index (χ2n) is 4.98. The van der Waals surface area contributed by atoms with E-state index in [0.29, 0.717) is 5.56 Å². The van der Waals surface area contributed by atoms with Crippen LogP contribution in [0.25, 0.3) is 5.00 Å². The van der Waals surface area contributed by atoms with E-state index in [0.717, 1.165) is 29.3 Å². The minimum absolute atomic E-state index is 0.110. The van der Waals surface area contributed by atoms with Gasteiger partial charge < -0.3 is 19.3 Å². The fraction of sp³-hybridized carbons (Fsp3) is 0.375. The van der Waals surface area contributed by atoms with Crippen molar-refractivity contribution in [3.05, 3.63) is 27.9 Å². The number of aromatic hydroxyl groups is 1. The van der Waals surface area contributed by atoms with E-state index in [1.54, 1.807) is 20.8 Å². The number of esters is 3. The summed E-state index contributed by atoms with van der Waals surface area (Å²) >= 11 is 0.945. The van der Waals surface area contributed by atoms with E-state index in [9.17, 15) is 19.5 Å². The molecule has 0 unspecified atom stereocenters. The molecule has 0 saturated carbocycles. The Balaban J connectivity index is 2.63. The molecule has 2 aromatic rings. The van der Waals surface area contributed by atoms with E-state index >= 15 is 0 Å². The summed E-state index contributed by atoms with van der Waals surface area (Å²) in [5.74, 6) is -2.49. The van der Waals surface area contributed by atoms with Crippen LogP contribution in [0.4, 0.5) is 0 Å². The van der Waals surface area contributed by atoms with E-state index < -0.39 is 23.7 Å². The molecule has 0 spiro atoms. The Hall–Kier alpha value is -2.88. The predicted octanol–water partition coefficient (Wildman–Crippen LogP) is 2.09. The van der Waals surface area contributed by atoms with Gasteiger partial charge in [0.25, 0.3) is 0 Å². The van der Waals surface area contributed by atoms with Gasteiger partial charge in [0.2, 0.25) is 5.69 Å². The fourth-order valence-corrected chi connectivity index (χ4v) is 3.32. The lowest BCUT2D eigenvalue weighted by atomic mass is 10.1. The lowest BCUT2D eigenvalue weighted by Gasteiger charge is -2.05. The van der Waals surface area contributed by atoms with E-state index in [1.807, 2.05) is 0 Å². The summed E-state index contributed by atoms with van der Waals surface area (Å²) in [4.78, 5) is 36.4. The Bertz CT molecular complexity index is 853. The zero-order chi connectivity index (χ0) is 19.4. The number of aromatic nitrogens is 2. The van der Waals surface area contributed by atoms with Crippen LogP contribution in [0, 0.1) is 6.92 Å². The maximum absolute atomic E-state index is 12.4. The number of carbonyl (C=O) groups excluding carboxylic acids is 3. The number of ether oxygens (including phenoxy) is 3. The van der Waals surface area contributed by atoms with E-state index in [1.165, 1.54) is 0 Å². The highest BCUT2D eigenvalue weighted by atomic mass is 32.1. The smallest absolute Gasteiger partial charge is 0.362 e. The van der Waals surface area contributed by atoms with Gasteiger partial charge in [-0.25, -0.2) is 19.1 Å². The lowest BCUT2D eigenvalue weighted by Crippen LogP contribution is -2.11. The Labute approximate surface area is 153 Å². The van der Waals surface area contributed by atoms with Crippen LogP contribution in [-0.4, -0.2) is 53.1 Å². The highest BCUT2D eigenvalue weighted by molar-refractivity contribution is 7.17. The third-order valence-corrected chi connectivity index (χ3v) is 4.61. The summed E-state index contributed by atoms with van der Waals surface area (Å²) in [6.07, 6.45) is 1.15. The molecule has 2 aromatic heterocycles. The van der Waals surface area contributed by atoms with Crippen LogP contribution in [0.5, 0.6) is 5.75 Å². The molecule has 0 fully saturated rings. The minimum atomic E-state index is -0.835. The minimum Gasteiger partial charge on any atom is -0.504 e. The molecule has 0 radical (unpaired) electrons. The van der Waals surface area contributed by atoms with E-state index in [-0.39, 0.29) is 34.3 Å². The van der Waals surface area contributed by atoms with Gasteiger partial charge in [0.1, 0.15) is 15.4 Å². The van der Waals surface area contributed by atoms with Crippen molar-refractivity contribution >= 4 is 29.2 Å². The monoisotopic (exact) mass is 382 g/mol. The van der Waals surface area contributed by atoms with Crippen molar-refractivity contribution in [2.24, 2.45) is 0 Å². The number of carbonyl (C=O) groups is 3. The van der Waals surface area contributed by atoms with Crippen LogP contribution in [-0.2, 0) is 14.2 Å². The van der Waals surface area contributed by atoms with Crippen molar-refractivity contribution in [3.63, 3.8) is 0 Å². The third-order valence-electron chi connectivity index (χ3n) is 3.35. The first-order valence-electron chi connectivity index (χ1n) is 7.70. The fourth-order valence-electron chi connectivity index (χ4n) is 2.21.